The molecular formula is C17H17N3O4. The second-order valence-corrected chi connectivity index (χ2v) is 6.14. The van der Waals surface area contributed by atoms with E-state index in [1.165, 1.54) is 16.8 Å². The molecule has 0 bridgehead atoms. The van der Waals surface area contributed by atoms with Gasteiger partial charge in [0.1, 0.15) is 11.2 Å². The maximum atomic E-state index is 12.5. The van der Waals surface area contributed by atoms with E-state index in [2.05, 4.69) is 0 Å². The van der Waals surface area contributed by atoms with Gasteiger partial charge >= 0.3 is 11.9 Å². The summed E-state index contributed by atoms with van der Waals surface area (Å²) >= 11 is 0. The van der Waals surface area contributed by atoms with Gasteiger partial charge in [0, 0.05) is 11.9 Å². The van der Waals surface area contributed by atoms with Crippen LogP contribution in [0.3, 0.4) is 0 Å². The van der Waals surface area contributed by atoms with Gasteiger partial charge in [0.25, 0.3) is 0 Å². The van der Waals surface area contributed by atoms with Crippen molar-refractivity contribution in [2.75, 3.05) is 5.73 Å². The topological polar surface area (TPSA) is 118 Å². The highest BCUT2D eigenvalue weighted by molar-refractivity contribution is 6.03. The molecule has 0 aliphatic heterocycles. The van der Waals surface area contributed by atoms with Crippen molar-refractivity contribution in [3.8, 4) is 11.8 Å². The molecule has 24 heavy (non-hydrogen) atoms. The molecular weight excluding hydrogens is 310 g/mol. The number of carboxylic acid groups (broad SMARTS) is 1. The van der Waals surface area contributed by atoms with Crippen molar-refractivity contribution < 1.29 is 19.4 Å². The summed E-state index contributed by atoms with van der Waals surface area (Å²) in [5, 5.41) is 18.3. The number of hydrogen-bond donors (Lipinski definition) is 2. The minimum atomic E-state index is -1.26. The molecule has 1 aromatic heterocycles. The van der Waals surface area contributed by atoms with Crippen molar-refractivity contribution in [2.24, 2.45) is 0 Å². The second kappa shape index (κ2) is 6.08. The van der Waals surface area contributed by atoms with Crippen LogP contribution in [-0.4, -0.2) is 27.2 Å². The summed E-state index contributed by atoms with van der Waals surface area (Å²) in [5.74, 6) is -2.00. The molecule has 1 aromatic carbocycles. The quantitative estimate of drug-likeness (QED) is 0.836. The molecule has 2 aromatic rings. The summed E-state index contributed by atoms with van der Waals surface area (Å²) in [6.07, 6.45) is 1.24. The van der Waals surface area contributed by atoms with Crippen molar-refractivity contribution >= 4 is 17.6 Å². The summed E-state index contributed by atoms with van der Waals surface area (Å²) in [6, 6.07) is 8.38. The highest BCUT2D eigenvalue weighted by atomic mass is 16.6. The van der Waals surface area contributed by atoms with Crippen LogP contribution < -0.4 is 5.73 Å². The van der Waals surface area contributed by atoms with Crippen LogP contribution in [0.4, 0.5) is 5.69 Å². The predicted octanol–water partition coefficient (Wildman–Crippen LogP) is 2.58. The fraction of sp³-hybridized carbons (Fsp3) is 0.235. The van der Waals surface area contributed by atoms with Crippen LogP contribution in [0.5, 0.6) is 0 Å². The number of ether oxygens (including phenoxy) is 1. The van der Waals surface area contributed by atoms with E-state index in [1.807, 2.05) is 6.07 Å². The number of aromatic nitrogens is 1. The van der Waals surface area contributed by atoms with Gasteiger partial charge in [-0.1, -0.05) is 6.07 Å². The van der Waals surface area contributed by atoms with Gasteiger partial charge < -0.3 is 20.1 Å². The SMILES string of the molecule is CC(C)(C)OC(=O)c1c(N)c(C(=O)O)cn1-c1cccc(C#N)c1. The lowest BCUT2D eigenvalue weighted by Gasteiger charge is -2.20. The molecule has 0 saturated carbocycles. The monoisotopic (exact) mass is 327 g/mol. The molecule has 0 fully saturated rings. The third kappa shape index (κ3) is 3.38. The minimum Gasteiger partial charge on any atom is -0.478 e. The number of nitriles is 1. The number of nitrogens with two attached hydrogens (primary N) is 1. The van der Waals surface area contributed by atoms with E-state index in [-0.39, 0.29) is 16.9 Å². The van der Waals surface area contributed by atoms with Crippen LogP contribution in [0.1, 0.15) is 47.2 Å². The number of hydrogen-bond acceptors (Lipinski definition) is 5. The van der Waals surface area contributed by atoms with Crippen LogP contribution in [-0.2, 0) is 4.74 Å². The minimum absolute atomic E-state index is 0.0857. The molecule has 0 aliphatic rings. The molecule has 0 spiro atoms. The Labute approximate surface area is 138 Å². The molecule has 3 N–H and O–H groups in total. The molecule has 0 aliphatic carbocycles. The molecule has 0 unspecified atom stereocenters. The Balaban J connectivity index is 2.66. The number of anilines is 1. The zero-order valence-electron chi connectivity index (χ0n) is 13.5. The molecule has 1 heterocycles. The fourth-order valence-corrected chi connectivity index (χ4v) is 2.15. The Hall–Kier alpha value is -3.27. The Kier molecular flexibility index (Phi) is 4.33. The fourth-order valence-electron chi connectivity index (χ4n) is 2.15. The molecule has 0 radical (unpaired) electrons. The molecule has 2 rings (SSSR count). The zero-order chi connectivity index (χ0) is 18.1. The normalized spacial score (nSPS) is 10.9. The number of carbonyl (C=O) groups is 2. The lowest BCUT2D eigenvalue weighted by molar-refractivity contribution is 0.00618. The summed E-state index contributed by atoms with van der Waals surface area (Å²) in [5.41, 5.74) is 5.43. The Morgan fingerprint density at radius 3 is 2.54 bits per heavy atom. The zero-order valence-corrected chi connectivity index (χ0v) is 13.5. The van der Waals surface area contributed by atoms with Gasteiger partial charge in [-0.3, -0.25) is 0 Å². The third-order valence-corrected chi connectivity index (χ3v) is 3.12. The molecule has 0 amide bonds. The largest absolute Gasteiger partial charge is 0.478 e. The first kappa shape index (κ1) is 17.1. The number of nitrogen functional groups attached to an aromatic ring is 1. The van der Waals surface area contributed by atoms with Gasteiger partial charge in [0.15, 0.2) is 5.69 Å². The second-order valence-electron chi connectivity index (χ2n) is 6.14. The van der Waals surface area contributed by atoms with E-state index >= 15 is 0 Å². The van der Waals surface area contributed by atoms with Gasteiger partial charge in [0.05, 0.1) is 17.3 Å². The van der Waals surface area contributed by atoms with Crippen molar-refractivity contribution in [1.29, 1.82) is 5.26 Å². The van der Waals surface area contributed by atoms with Crippen LogP contribution in [0, 0.1) is 11.3 Å². The number of esters is 1. The number of benzene rings is 1. The standard InChI is InChI=1S/C17H17N3O4/c1-17(2,3)24-16(23)14-13(19)12(15(21)22)9-20(14)11-6-4-5-10(7-11)8-18/h4-7,9H,19H2,1-3H3,(H,21,22). The van der Waals surface area contributed by atoms with Crippen molar-refractivity contribution in [1.82, 2.24) is 4.57 Å². The summed E-state index contributed by atoms with van der Waals surface area (Å²) in [7, 11) is 0. The molecule has 124 valence electrons. The van der Waals surface area contributed by atoms with E-state index in [1.54, 1.807) is 39.0 Å². The first-order valence-corrected chi connectivity index (χ1v) is 7.12. The smallest absolute Gasteiger partial charge is 0.358 e. The van der Waals surface area contributed by atoms with E-state index in [9.17, 15) is 14.7 Å². The van der Waals surface area contributed by atoms with E-state index in [4.69, 9.17) is 15.7 Å². The lowest BCUT2D eigenvalue weighted by Crippen LogP contribution is -2.25. The molecule has 0 saturated heterocycles. The average molecular weight is 327 g/mol. The van der Waals surface area contributed by atoms with E-state index < -0.39 is 17.5 Å². The number of rotatable bonds is 3. The van der Waals surface area contributed by atoms with Gasteiger partial charge in [-0.15, -0.1) is 0 Å². The van der Waals surface area contributed by atoms with Gasteiger partial charge in [-0.05, 0) is 39.0 Å². The molecule has 7 heteroatoms. The van der Waals surface area contributed by atoms with Crippen LogP contribution in [0.25, 0.3) is 5.69 Å². The van der Waals surface area contributed by atoms with Gasteiger partial charge in [-0.2, -0.15) is 5.26 Å². The van der Waals surface area contributed by atoms with Gasteiger partial charge in [-0.25, -0.2) is 9.59 Å². The van der Waals surface area contributed by atoms with Crippen molar-refractivity contribution in [2.45, 2.75) is 26.4 Å². The average Bonchev–Trinajstić information content (AvgIpc) is 2.83. The summed E-state index contributed by atoms with van der Waals surface area (Å²) < 4.78 is 6.65. The maximum Gasteiger partial charge on any atom is 0.358 e. The Bertz CT molecular complexity index is 854. The lowest BCUT2D eigenvalue weighted by atomic mass is 10.2. The number of aromatic carboxylic acids is 1. The molecule has 0 atom stereocenters. The number of nitrogens with zero attached hydrogens (tertiary/aromatic N) is 2. The van der Waals surface area contributed by atoms with Crippen LogP contribution >= 0.6 is 0 Å². The van der Waals surface area contributed by atoms with Crippen molar-refractivity contribution in [3.63, 3.8) is 0 Å². The van der Waals surface area contributed by atoms with Gasteiger partial charge in [0.2, 0.25) is 0 Å². The third-order valence-electron chi connectivity index (χ3n) is 3.12. The van der Waals surface area contributed by atoms with Crippen LogP contribution in [0.15, 0.2) is 30.5 Å². The highest BCUT2D eigenvalue weighted by Gasteiger charge is 2.28. The Morgan fingerprint density at radius 1 is 1.33 bits per heavy atom. The first-order chi connectivity index (χ1) is 11.1. The number of carbonyl (C=O) groups excluding carboxylic acids is 1. The summed E-state index contributed by atoms with van der Waals surface area (Å²) in [6.45, 7) is 5.09. The number of carboxylic acids is 1. The van der Waals surface area contributed by atoms with Crippen LogP contribution in [0.2, 0.25) is 0 Å². The maximum absolute atomic E-state index is 12.5. The Morgan fingerprint density at radius 2 is 2.00 bits per heavy atom. The highest BCUT2D eigenvalue weighted by Crippen LogP contribution is 2.27. The van der Waals surface area contributed by atoms with E-state index in [0.29, 0.717) is 11.3 Å². The van der Waals surface area contributed by atoms with E-state index in [0.717, 1.165) is 0 Å². The first-order valence-electron chi connectivity index (χ1n) is 7.12. The van der Waals surface area contributed by atoms with Crippen molar-refractivity contribution in [3.05, 3.63) is 47.3 Å². The summed E-state index contributed by atoms with van der Waals surface area (Å²) in [4.78, 5) is 23.8. The predicted molar refractivity (Wildman–Crippen MR) is 87.0 cm³/mol. The molecule has 7 nitrogen and oxygen atoms in total.